The van der Waals surface area contributed by atoms with Gasteiger partial charge in [0.15, 0.2) is 0 Å². The minimum Gasteiger partial charge on any atom is -0.487 e. The maximum absolute atomic E-state index is 13.5. The number of anilines is 1. The van der Waals surface area contributed by atoms with Crippen LogP contribution in [-0.4, -0.2) is 26.2 Å². The molecule has 0 unspecified atom stereocenters. The smallest absolute Gasteiger partial charge is 0.241 e. The monoisotopic (exact) mass is 488 g/mol. The van der Waals surface area contributed by atoms with Crippen molar-refractivity contribution in [3.63, 3.8) is 0 Å². The SMILES string of the molecule is CSc1ccc(S(=O)(=O)N[C@H]2CC3(CCCCC3)Oc3ccccc32)cc1NC(=O)C(C)C. The maximum Gasteiger partial charge on any atom is 0.241 e. The summed E-state index contributed by atoms with van der Waals surface area (Å²) in [5.41, 5.74) is 1.06. The van der Waals surface area contributed by atoms with Crippen LogP contribution in [0, 0.1) is 5.92 Å². The van der Waals surface area contributed by atoms with Crippen molar-refractivity contribution in [3.8, 4) is 5.75 Å². The molecule has 1 saturated carbocycles. The van der Waals surface area contributed by atoms with Gasteiger partial charge in [0.1, 0.15) is 11.4 Å². The van der Waals surface area contributed by atoms with Crippen LogP contribution < -0.4 is 14.8 Å². The van der Waals surface area contributed by atoms with Crippen LogP contribution in [0.3, 0.4) is 0 Å². The number of nitrogens with one attached hydrogen (secondary N) is 2. The molecule has 33 heavy (non-hydrogen) atoms. The van der Waals surface area contributed by atoms with Crippen LogP contribution in [-0.2, 0) is 14.8 Å². The van der Waals surface area contributed by atoms with E-state index in [9.17, 15) is 13.2 Å². The maximum atomic E-state index is 13.5. The van der Waals surface area contributed by atoms with Gasteiger partial charge in [0, 0.05) is 22.8 Å². The van der Waals surface area contributed by atoms with Crippen LogP contribution in [0.15, 0.2) is 52.3 Å². The Morgan fingerprint density at radius 2 is 1.85 bits per heavy atom. The Labute approximate surface area is 200 Å². The van der Waals surface area contributed by atoms with Gasteiger partial charge in [0.2, 0.25) is 15.9 Å². The first-order valence-electron chi connectivity index (χ1n) is 11.5. The topological polar surface area (TPSA) is 84.5 Å². The van der Waals surface area contributed by atoms with Gasteiger partial charge in [-0.15, -0.1) is 11.8 Å². The predicted octanol–water partition coefficient (Wildman–Crippen LogP) is 5.51. The van der Waals surface area contributed by atoms with Gasteiger partial charge in [-0.3, -0.25) is 4.79 Å². The van der Waals surface area contributed by atoms with Crippen molar-refractivity contribution >= 4 is 33.4 Å². The summed E-state index contributed by atoms with van der Waals surface area (Å²) < 4.78 is 36.4. The van der Waals surface area contributed by atoms with Crippen molar-refractivity contribution in [3.05, 3.63) is 48.0 Å². The Kier molecular flexibility index (Phi) is 7.07. The van der Waals surface area contributed by atoms with Gasteiger partial charge in [-0.05, 0) is 56.2 Å². The second kappa shape index (κ2) is 9.68. The average Bonchev–Trinajstić information content (AvgIpc) is 2.79. The highest BCUT2D eigenvalue weighted by Gasteiger charge is 2.43. The molecule has 1 aliphatic heterocycles. The zero-order valence-corrected chi connectivity index (χ0v) is 21.0. The Morgan fingerprint density at radius 1 is 1.12 bits per heavy atom. The molecule has 2 aromatic rings. The van der Waals surface area contributed by atoms with Crippen molar-refractivity contribution < 1.29 is 17.9 Å². The quantitative estimate of drug-likeness (QED) is 0.524. The van der Waals surface area contributed by atoms with Gasteiger partial charge >= 0.3 is 0 Å². The summed E-state index contributed by atoms with van der Waals surface area (Å²) in [6.45, 7) is 3.61. The molecule has 2 aromatic carbocycles. The second-order valence-corrected chi connectivity index (χ2v) is 11.8. The largest absolute Gasteiger partial charge is 0.487 e. The lowest BCUT2D eigenvalue weighted by atomic mass is 9.77. The highest BCUT2D eigenvalue weighted by molar-refractivity contribution is 7.98. The minimum atomic E-state index is -3.83. The number of hydrogen-bond donors (Lipinski definition) is 2. The highest BCUT2D eigenvalue weighted by Crippen LogP contribution is 2.46. The van der Waals surface area contributed by atoms with Crippen LogP contribution in [0.25, 0.3) is 0 Å². The first-order chi connectivity index (χ1) is 15.7. The Balaban J connectivity index is 1.64. The molecular weight excluding hydrogens is 456 g/mol. The van der Waals surface area contributed by atoms with E-state index in [1.165, 1.54) is 18.2 Å². The normalized spacial score (nSPS) is 19.7. The number of ether oxygens (including phenoxy) is 1. The molecular formula is C25H32N2O4S2. The van der Waals surface area contributed by atoms with Crippen LogP contribution in [0.1, 0.15) is 64.0 Å². The van der Waals surface area contributed by atoms with Crippen molar-refractivity contribution in [1.82, 2.24) is 4.72 Å². The third kappa shape index (κ3) is 5.23. The molecule has 0 radical (unpaired) electrons. The molecule has 2 N–H and O–H groups in total. The third-order valence-electron chi connectivity index (χ3n) is 6.52. The van der Waals surface area contributed by atoms with E-state index in [2.05, 4.69) is 10.0 Å². The molecule has 2 aliphatic rings. The van der Waals surface area contributed by atoms with Gasteiger partial charge in [0.05, 0.1) is 16.6 Å². The molecule has 0 aromatic heterocycles. The van der Waals surface area contributed by atoms with E-state index < -0.39 is 10.0 Å². The van der Waals surface area contributed by atoms with Gasteiger partial charge in [0.25, 0.3) is 0 Å². The van der Waals surface area contributed by atoms with E-state index in [1.807, 2.05) is 30.5 Å². The summed E-state index contributed by atoms with van der Waals surface area (Å²) in [7, 11) is -3.83. The fourth-order valence-electron chi connectivity index (χ4n) is 4.71. The molecule has 0 saturated heterocycles. The molecule has 1 fully saturated rings. The molecule has 178 valence electrons. The Bertz CT molecular complexity index is 1120. The molecule has 0 bridgehead atoms. The Morgan fingerprint density at radius 3 is 2.55 bits per heavy atom. The molecule has 6 nitrogen and oxygen atoms in total. The van der Waals surface area contributed by atoms with Gasteiger partial charge in [-0.1, -0.05) is 38.5 Å². The molecule has 1 aliphatic carbocycles. The molecule has 1 heterocycles. The van der Waals surface area contributed by atoms with Gasteiger partial charge in [-0.25, -0.2) is 13.1 Å². The van der Waals surface area contributed by atoms with E-state index in [0.717, 1.165) is 41.9 Å². The summed E-state index contributed by atoms with van der Waals surface area (Å²) in [4.78, 5) is 13.2. The summed E-state index contributed by atoms with van der Waals surface area (Å²) >= 11 is 1.46. The summed E-state index contributed by atoms with van der Waals surface area (Å²) in [6.07, 6.45) is 7.77. The standard InChI is InChI=1S/C25H32N2O4S2/c1-17(2)24(28)26-20-15-18(11-12-23(20)32-3)33(29,30)27-21-16-25(13-7-4-8-14-25)31-22-10-6-5-9-19(21)22/h5-6,9-12,15,17,21,27H,4,7-8,13-14,16H2,1-3H3,(H,26,28)/t21-/m0/s1. The number of thioether (sulfide) groups is 1. The predicted molar refractivity (Wildman–Crippen MR) is 132 cm³/mol. The van der Waals surface area contributed by atoms with Crippen LogP contribution in [0.2, 0.25) is 0 Å². The average molecular weight is 489 g/mol. The number of rotatable bonds is 6. The van der Waals surface area contributed by atoms with Gasteiger partial charge in [-0.2, -0.15) is 0 Å². The van der Waals surface area contributed by atoms with E-state index in [-0.39, 0.29) is 28.4 Å². The first-order valence-corrected chi connectivity index (χ1v) is 14.2. The van der Waals surface area contributed by atoms with E-state index >= 15 is 0 Å². The van der Waals surface area contributed by atoms with Crippen molar-refractivity contribution in [2.75, 3.05) is 11.6 Å². The number of para-hydroxylation sites is 1. The highest BCUT2D eigenvalue weighted by atomic mass is 32.2. The number of carbonyl (C=O) groups excluding carboxylic acids is 1. The van der Waals surface area contributed by atoms with Gasteiger partial charge < -0.3 is 10.1 Å². The van der Waals surface area contributed by atoms with Crippen LogP contribution in [0.5, 0.6) is 5.75 Å². The van der Waals surface area contributed by atoms with E-state index in [1.54, 1.807) is 32.0 Å². The van der Waals surface area contributed by atoms with Crippen molar-refractivity contribution in [1.29, 1.82) is 0 Å². The molecule has 8 heteroatoms. The lowest BCUT2D eigenvalue weighted by Gasteiger charge is -2.44. The first kappa shape index (κ1) is 24.1. The number of benzene rings is 2. The molecule has 1 atom stereocenters. The third-order valence-corrected chi connectivity index (χ3v) is 8.79. The lowest BCUT2D eigenvalue weighted by molar-refractivity contribution is -0.118. The molecule has 4 rings (SSSR count). The van der Waals surface area contributed by atoms with E-state index in [0.29, 0.717) is 12.1 Å². The summed E-state index contributed by atoms with van der Waals surface area (Å²) in [5.74, 6) is 0.412. The number of carbonyl (C=O) groups is 1. The second-order valence-electron chi connectivity index (χ2n) is 9.27. The van der Waals surface area contributed by atoms with Crippen LogP contribution in [0.4, 0.5) is 5.69 Å². The number of fused-ring (bicyclic) bond motifs is 1. The number of amides is 1. The summed E-state index contributed by atoms with van der Waals surface area (Å²) in [5, 5.41) is 2.87. The molecule has 1 spiro atoms. The fraction of sp³-hybridized carbons (Fsp3) is 0.480. The number of sulfonamides is 1. The minimum absolute atomic E-state index is 0.140. The molecule has 1 amide bonds. The lowest BCUT2D eigenvalue weighted by Crippen LogP contribution is -2.46. The zero-order valence-electron chi connectivity index (χ0n) is 19.4. The van der Waals surface area contributed by atoms with E-state index in [4.69, 9.17) is 4.74 Å². The number of hydrogen-bond acceptors (Lipinski definition) is 5. The van der Waals surface area contributed by atoms with Crippen molar-refractivity contribution in [2.45, 2.75) is 73.8 Å². The Hall–Kier alpha value is -2.03. The fourth-order valence-corrected chi connectivity index (χ4v) is 6.49. The zero-order chi connectivity index (χ0) is 23.6. The van der Waals surface area contributed by atoms with Crippen LogP contribution >= 0.6 is 11.8 Å². The summed E-state index contributed by atoms with van der Waals surface area (Å²) in [6, 6.07) is 12.2. The van der Waals surface area contributed by atoms with Crippen molar-refractivity contribution in [2.24, 2.45) is 5.92 Å².